The van der Waals surface area contributed by atoms with E-state index < -0.39 is 0 Å². The van der Waals surface area contributed by atoms with E-state index in [2.05, 4.69) is 10.6 Å². The minimum Gasteiger partial charge on any atom is -0.356 e. The Morgan fingerprint density at radius 1 is 1.58 bits per heavy atom. The molecule has 0 radical (unpaired) electrons. The lowest BCUT2D eigenvalue weighted by Crippen LogP contribution is -2.27. The summed E-state index contributed by atoms with van der Waals surface area (Å²) >= 11 is 0. The van der Waals surface area contributed by atoms with E-state index in [1.807, 2.05) is 13.8 Å². The van der Waals surface area contributed by atoms with Crippen molar-refractivity contribution >= 4 is 5.91 Å². The molecule has 3 nitrogen and oxygen atoms in total. The van der Waals surface area contributed by atoms with Gasteiger partial charge in [0.2, 0.25) is 5.91 Å². The van der Waals surface area contributed by atoms with Crippen LogP contribution in [0.5, 0.6) is 0 Å². The van der Waals surface area contributed by atoms with Gasteiger partial charge in [0, 0.05) is 13.5 Å². The standard InChI is InChI=1S/C7H14N2O.C2H6/c1-6(10)9-5-7-2-3-8-4-7;1-2/h7-8H,2-5H2,1H3,(H,9,10);1-2H3. The highest BCUT2D eigenvalue weighted by atomic mass is 16.1. The maximum Gasteiger partial charge on any atom is 0.216 e. The Morgan fingerprint density at radius 2 is 2.25 bits per heavy atom. The van der Waals surface area contributed by atoms with Crippen molar-refractivity contribution in [1.29, 1.82) is 0 Å². The van der Waals surface area contributed by atoms with Gasteiger partial charge in [-0.3, -0.25) is 4.79 Å². The van der Waals surface area contributed by atoms with Crippen LogP contribution in [0.15, 0.2) is 0 Å². The molecule has 0 saturated carbocycles. The average molecular weight is 172 g/mol. The van der Waals surface area contributed by atoms with Crippen LogP contribution in [-0.2, 0) is 4.79 Å². The Labute approximate surface area is 74.9 Å². The first-order valence-electron chi connectivity index (χ1n) is 4.74. The van der Waals surface area contributed by atoms with Crippen LogP contribution in [0.2, 0.25) is 0 Å². The van der Waals surface area contributed by atoms with Crippen LogP contribution in [0, 0.1) is 5.92 Å². The fourth-order valence-corrected chi connectivity index (χ4v) is 1.18. The first-order chi connectivity index (χ1) is 5.79. The molecule has 0 aliphatic carbocycles. The molecule has 0 aromatic rings. The molecule has 1 rings (SSSR count). The van der Waals surface area contributed by atoms with Gasteiger partial charge in [-0.15, -0.1) is 0 Å². The summed E-state index contributed by atoms with van der Waals surface area (Å²) in [5.41, 5.74) is 0. The summed E-state index contributed by atoms with van der Waals surface area (Å²) in [5, 5.41) is 6.05. The van der Waals surface area contributed by atoms with Gasteiger partial charge in [-0.05, 0) is 25.4 Å². The molecule has 12 heavy (non-hydrogen) atoms. The van der Waals surface area contributed by atoms with Gasteiger partial charge < -0.3 is 10.6 Å². The van der Waals surface area contributed by atoms with Gasteiger partial charge in [-0.2, -0.15) is 0 Å². The molecule has 1 atom stereocenters. The molecule has 1 fully saturated rings. The van der Waals surface area contributed by atoms with E-state index in [-0.39, 0.29) is 5.91 Å². The molecule has 2 N–H and O–H groups in total. The number of hydrogen-bond acceptors (Lipinski definition) is 2. The SMILES string of the molecule is CC.CC(=O)NCC1CCNC1. The highest BCUT2D eigenvalue weighted by Crippen LogP contribution is 2.04. The zero-order valence-electron chi connectivity index (χ0n) is 8.31. The molecular formula is C9H20N2O. The van der Waals surface area contributed by atoms with Crippen molar-refractivity contribution in [3.63, 3.8) is 0 Å². The monoisotopic (exact) mass is 172 g/mol. The van der Waals surface area contributed by atoms with E-state index in [0.717, 1.165) is 19.6 Å². The molecule has 1 unspecified atom stereocenters. The summed E-state index contributed by atoms with van der Waals surface area (Å²) in [6.07, 6.45) is 1.19. The molecule has 0 aromatic heterocycles. The van der Waals surface area contributed by atoms with Crippen molar-refractivity contribution in [3.05, 3.63) is 0 Å². The van der Waals surface area contributed by atoms with E-state index in [1.54, 1.807) is 6.92 Å². The summed E-state index contributed by atoms with van der Waals surface area (Å²) < 4.78 is 0. The molecular weight excluding hydrogens is 152 g/mol. The van der Waals surface area contributed by atoms with Crippen LogP contribution in [0.4, 0.5) is 0 Å². The third-order valence-electron chi connectivity index (χ3n) is 1.80. The highest BCUT2D eigenvalue weighted by molar-refractivity contribution is 5.72. The number of rotatable bonds is 2. The van der Waals surface area contributed by atoms with Gasteiger partial charge in [0.15, 0.2) is 0 Å². The second-order valence-corrected chi connectivity index (χ2v) is 2.80. The lowest BCUT2D eigenvalue weighted by Gasteiger charge is -2.06. The first-order valence-corrected chi connectivity index (χ1v) is 4.74. The van der Waals surface area contributed by atoms with Crippen molar-refractivity contribution in [2.45, 2.75) is 27.2 Å². The molecule has 0 bridgehead atoms. The normalized spacial score (nSPS) is 21.1. The van der Waals surface area contributed by atoms with Crippen molar-refractivity contribution in [1.82, 2.24) is 10.6 Å². The summed E-state index contributed by atoms with van der Waals surface area (Å²) in [7, 11) is 0. The second-order valence-electron chi connectivity index (χ2n) is 2.80. The summed E-state index contributed by atoms with van der Waals surface area (Å²) in [5.74, 6) is 0.732. The third-order valence-corrected chi connectivity index (χ3v) is 1.80. The largest absolute Gasteiger partial charge is 0.356 e. The van der Waals surface area contributed by atoms with Crippen molar-refractivity contribution in [2.24, 2.45) is 5.92 Å². The lowest BCUT2D eigenvalue weighted by atomic mass is 10.1. The van der Waals surface area contributed by atoms with Gasteiger partial charge in [0.05, 0.1) is 0 Å². The number of nitrogens with one attached hydrogen (secondary N) is 2. The number of hydrogen-bond donors (Lipinski definition) is 2. The molecule has 0 aromatic carbocycles. The predicted octanol–water partition coefficient (Wildman–Crippen LogP) is 0.758. The predicted molar refractivity (Wildman–Crippen MR) is 51.0 cm³/mol. The zero-order valence-corrected chi connectivity index (χ0v) is 8.31. The first kappa shape index (κ1) is 11.4. The van der Waals surface area contributed by atoms with E-state index >= 15 is 0 Å². The minimum atomic E-state index is 0.0758. The molecule has 72 valence electrons. The Hall–Kier alpha value is -0.570. The minimum absolute atomic E-state index is 0.0758. The van der Waals surface area contributed by atoms with Crippen molar-refractivity contribution in [3.8, 4) is 0 Å². The van der Waals surface area contributed by atoms with Crippen LogP contribution < -0.4 is 10.6 Å². The van der Waals surface area contributed by atoms with Crippen LogP contribution in [0.3, 0.4) is 0 Å². The average Bonchev–Trinajstić information content (AvgIpc) is 2.56. The molecule has 1 heterocycles. The van der Waals surface area contributed by atoms with E-state index in [9.17, 15) is 4.79 Å². The van der Waals surface area contributed by atoms with Crippen molar-refractivity contribution < 1.29 is 4.79 Å². The third kappa shape index (κ3) is 5.13. The molecule has 0 spiro atoms. The van der Waals surface area contributed by atoms with E-state index in [4.69, 9.17) is 0 Å². The maximum absolute atomic E-state index is 10.5. The Kier molecular flexibility index (Phi) is 6.76. The Bertz CT molecular complexity index is 120. The molecule has 1 aliphatic rings. The van der Waals surface area contributed by atoms with Crippen LogP contribution in [-0.4, -0.2) is 25.5 Å². The van der Waals surface area contributed by atoms with Gasteiger partial charge in [-0.25, -0.2) is 0 Å². The number of amides is 1. The fraction of sp³-hybridized carbons (Fsp3) is 0.889. The van der Waals surface area contributed by atoms with E-state index in [0.29, 0.717) is 5.92 Å². The maximum atomic E-state index is 10.5. The fourth-order valence-electron chi connectivity index (χ4n) is 1.18. The van der Waals surface area contributed by atoms with E-state index in [1.165, 1.54) is 6.42 Å². The zero-order chi connectivity index (χ0) is 9.40. The Morgan fingerprint density at radius 3 is 2.67 bits per heavy atom. The summed E-state index contributed by atoms with van der Waals surface area (Å²) in [6.45, 7) is 8.55. The second kappa shape index (κ2) is 7.10. The summed E-state index contributed by atoms with van der Waals surface area (Å²) in [6, 6.07) is 0. The molecule has 1 aliphatic heterocycles. The molecule has 1 amide bonds. The highest BCUT2D eigenvalue weighted by Gasteiger charge is 2.13. The quantitative estimate of drug-likeness (QED) is 0.645. The molecule has 3 heteroatoms. The lowest BCUT2D eigenvalue weighted by molar-refractivity contribution is -0.119. The van der Waals surface area contributed by atoms with Gasteiger partial charge in [0.1, 0.15) is 0 Å². The van der Waals surface area contributed by atoms with Crippen LogP contribution >= 0.6 is 0 Å². The molecule has 1 saturated heterocycles. The smallest absolute Gasteiger partial charge is 0.216 e. The van der Waals surface area contributed by atoms with Gasteiger partial charge in [0.25, 0.3) is 0 Å². The topological polar surface area (TPSA) is 41.1 Å². The van der Waals surface area contributed by atoms with Crippen LogP contribution in [0.25, 0.3) is 0 Å². The van der Waals surface area contributed by atoms with Crippen molar-refractivity contribution in [2.75, 3.05) is 19.6 Å². The van der Waals surface area contributed by atoms with Crippen LogP contribution in [0.1, 0.15) is 27.2 Å². The summed E-state index contributed by atoms with van der Waals surface area (Å²) in [4.78, 5) is 10.5. The van der Waals surface area contributed by atoms with Gasteiger partial charge >= 0.3 is 0 Å². The number of carbonyl (C=O) groups is 1. The number of carbonyl (C=O) groups excluding carboxylic acids is 1. The van der Waals surface area contributed by atoms with Gasteiger partial charge in [-0.1, -0.05) is 13.8 Å². The Balaban J connectivity index is 0.000000561.